The number of nitrogen functional groups attached to an aromatic ring is 2. The van der Waals surface area contributed by atoms with E-state index in [4.69, 9.17) is 11.5 Å². The molecular formula is C20H22N6OS. The van der Waals surface area contributed by atoms with Crippen molar-refractivity contribution in [1.29, 1.82) is 0 Å². The van der Waals surface area contributed by atoms with Crippen LogP contribution >= 0.6 is 11.8 Å². The number of aromatic nitrogens is 3. The number of carbonyl (C=O) groups excluding carboxylic acids is 1. The molecule has 0 fully saturated rings. The van der Waals surface area contributed by atoms with Gasteiger partial charge in [0, 0.05) is 13.1 Å². The number of rotatable bonds is 7. The average molecular weight is 395 g/mol. The van der Waals surface area contributed by atoms with Gasteiger partial charge in [0.05, 0.1) is 5.25 Å². The molecule has 0 radical (unpaired) electrons. The molecule has 1 atom stereocenters. The molecule has 144 valence electrons. The predicted molar refractivity (Wildman–Crippen MR) is 111 cm³/mol. The van der Waals surface area contributed by atoms with Gasteiger partial charge in [0.15, 0.2) is 5.16 Å². The van der Waals surface area contributed by atoms with E-state index in [1.165, 1.54) is 11.8 Å². The summed E-state index contributed by atoms with van der Waals surface area (Å²) in [6, 6.07) is 19.8. The number of benzene rings is 2. The monoisotopic (exact) mass is 394 g/mol. The largest absolute Gasteiger partial charge is 0.368 e. The number of thioether (sulfide) groups is 1. The van der Waals surface area contributed by atoms with Crippen molar-refractivity contribution >= 4 is 29.6 Å². The minimum Gasteiger partial charge on any atom is -0.368 e. The van der Waals surface area contributed by atoms with Crippen molar-refractivity contribution in [3.63, 3.8) is 0 Å². The van der Waals surface area contributed by atoms with E-state index >= 15 is 0 Å². The van der Waals surface area contributed by atoms with Gasteiger partial charge in [0.25, 0.3) is 0 Å². The zero-order valence-electron chi connectivity index (χ0n) is 15.5. The lowest BCUT2D eigenvalue weighted by Gasteiger charge is -2.26. The van der Waals surface area contributed by atoms with Crippen LogP contribution in [0, 0.1) is 0 Å². The van der Waals surface area contributed by atoms with Gasteiger partial charge in [-0.05, 0) is 18.1 Å². The fourth-order valence-electron chi connectivity index (χ4n) is 2.73. The van der Waals surface area contributed by atoms with Gasteiger partial charge in [-0.1, -0.05) is 72.4 Å². The second-order valence-corrected chi connectivity index (χ2v) is 7.57. The Hall–Kier alpha value is -3.13. The molecule has 0 saturated carbocycles. The summed E-state index contributed by atoms with van der Waals surface area (Å²) < 4.78 is 0. The van der Waals surface area contributed by atoms with E-state index in [2.05, 4.69) is 15.0 Å². The normalized spacial score (nSPS) is 11.8. The Labute approximate surface area is 168 Å². The number of nitrogens with zero attached hydrogens (tertiary/aromatic N) is 4. The molecule has 0 saturated heterocycles. The zero-order valence-corrected chi connectivity index (χ0v) is 16.3. The first-order valence-electron chi connectivity index (χ1n) is 8.81. The molecular weight excluding hydrogens is 372 g/mol. The molecule has 2 aromatic carbocycles. The SMILES string of the molecule is C[C@@H](Sc1nc(N)nc(N)n1)C(=O)N(Cc1ccccc1)Cc1ccccc1. The quantitative estimate of drug-likeness (QED) is 0.593. The van der Waals surface area contributed by atoms with Crippen LogP contribution in [0.4, 0.5) is 11.9 Å². The van der Waals surface area contributed by atoms with Gasteiger partial charge < -0.3 is 16.4 Å². The van der Waals surface area contributed by atoms with Crippen LogP contribution in [-0.4, -0.2) is 31.0 Å². The Morgan fingerprint density at radius 2 is 1.36 bits per heavy atom. The predicted octanol–water partition coefficient (Wildman–Crippen LogP) is 2.75. The third-order valence-corrected chi connectivity index (χ3v) is 4.97. The summed E-state index contributed by atoms with van der Waals surface area (Å²) in [5, 5.41) is -0.0705. The zero-order chi connectivity index (χ0) is 19.9. The number of hydrogen-bond donors (Lipinski definition) is 2. The van der Waals surface area contributed by atoms with E-state index in [9.17, 15) is 4.79 Å². The molecule has 4 N–H and O–H groups in total. The van der Waals surface area contributed by atoms with E-state index in [0.717, 1.165) is 11.1 Å². The Kier molecular flexibility index (Phi) is 6.44. The molecule has 0 aliphatic heterocycles. The smallest absolute Gasteiger partial charge is 0.236 e. The van der Waals surface area contributed by atoms with Gasteiger partial charge in [-0.3, -0.25) is 4.79 Å². The Balaban J connectivity index is 1.78. The topological polar surface area (TPSA) is 111 Å². The third kappa shape index (κ3) is 5.43. The van der Waals surface area contributed by atoms with Gasteiger partial charge in [0.2, 0.25) is 17.8 Å². The Bertz CT molecular complexity index is 861. The van der Waals surface area contributed by atoms with E-state index in [1.54, 1.807) is 0 Å². The van der Waals surface area contributed by atoms with Crippen molar-refractivity contribution in [2.24, 2.45) is 0 Å². The first-order valence-corrected chi connectivity index (χ1v) is 9.69. The standard InChI is InChI=1S/C20H22N6OS/c1-14(28-20-24-18(21)23-19(22)25-20)17(27)26(12-15-8-4-2-5-9-15)13-16-10-6-3-7-11-16/h2-11,14H,12-13H2,1H3,(H4,21,22,23,24,25)/t14-/m1/s1. The molecule has 3 aromatic rings. The van der Waals surface area contributed by atoms with Gasteiger partial charge in [-0.15, -0.1) is 0 Å². The minimum atomic E-state index is -0.409. The molecule has 0 aliphatic carbocycles. The molecule has 1 aromatic heterocycles. The van der Waals surface area contributed by atoms with Crippen molar-refractivity contribution in [3.05, 3.63) is 71.8 Å². The highest BCUT2D eigenvalue weighted by molar-refractivity contribution is 8.00. The molecule has 1 heterocycles. The molecule has 0 unspecified atom stereocenters. The Morgan fingerprint density at radius 3 is 1.82 bits per heavy atom. The van der Waals surface area contributed by atoms with Crippen LogP contribution in [0.5, 0.6) is 0 Å². The summed E-state index contributed by atoms with van der Waals surface area (Å²) in [7, 11) is 0. The second kappa shape index (κ2) is 9.18. The van der Waals surface area contributed by atoms with Crippen molar-refractivity contribution in [2.45, 2.75) is 30.4 Å². The Morgan fingerprint density at radius 1 is 0.893 bits per heavy atom. The molecule has 7 nitrogen and oxygen atoms in total. The summed E-state index contributed by atoms with van der Waals surface area (Å²) in [5.41, 5.74) is 13.4. The maximum Gasteiger partial charge on any atom is 0.236 e. The molecule has 1 amide bonds. The van der Waals surface area contributed by atoms with Gasteiger partial charge in [-0.2, -0.15) is 15.0 Å². The van der Waals surface area contributed by atoms with E-state index in [-0.39, 0.29) is 17.8 Å². The van der Waals surface area contributed by atoms with E-state index < -0.39 is 5.25 Å². The van der Waals surface area contributed by atoms with Crippen LogP contribution in [0.1, 0.15) is 18.1 Å². The lowest BCUT2D eigenvalue weighted by Crippen LogP contribution is -2.35. The summed E-state index contributed by atoms with van der Waals surface area (Å²) in [4.78, 5) is 26.9. The van der Waals surface area contributed by atoms with Crippen LogP contribution in [0.15, 0.2) is 65.8 Å². The highest BCUT2D eigenvalue weighted by Crippen LogP contribution is 2.23. The summed E-state index contributed by atoms with van der Waals surface area (Å²) in [5.74, 6) is 0.0652. The molecule has 0 bridgehead atoms. The maximum atomic E-state index is 13.2. The van der Waals surface area contributed by atoms with Crippen molar-refractivity contribution in [1.82, 2.24) is 19.9 Å². The van der Waals surface area contributed by atoms with Crippen LogP contribution in [-0.2, 0) is 17.9 Å². The fraction of sp³-hybridized carbons (Fsp3) is 0.200. The lowest BCUT2D eigenvalue weighted by molar-refractivity contribution is -0.131. The van der Waals surface area contributed by atoms with Crippen molar-refractivity contribution in [3.8, 4) is 0 Å². The van der Waals surface area contributed by atoms with Crippen LogP contribution in [0.25, 0.3) is 0 Å². The van der Waals surface area contributed by atoms with Gasteiger partial charge >= 0.3 is 0 Å². The molecule has 8 heteroatoms. The highest BCUT2D eigenvalue weighted by Gasteiger charge is 2.23. The number of hydrogen-bond acceptors (Lipinski definition) is 7. The van der Waals surface area contributed by atoms with Gasteiger partial charge in [0.1, 0.15) is 0 Å². The lowest BCUT2D eigenvalue weighted by atomic mass is 10.1. The van der Waals surface area contributed by atoms with Crippen molar-refractivity contribution < 1.29 is 4.79 Å². The molecule has 0 aliphatic rings. The summed E-state index contributed by atoms with van der Waals surface area (Å²) >= 11 is 1.22. The maximum absolute atomic E-state index is 13.2. The molecule has 3 rings (SSSR count). The molecule has 28 heavy (non-hydrogen) atoms. The minimum absolute atomic E-state index is 0.0183. The van der Waals surface area contributed by atoms with Crippen LogP contribution < -0.4 is 11.5 Å². The van der Waals surface area contributed by atoms with Crippen LogP contribution in [0.2, 0.25) is 0 Å². The van der Waals surface area contributed by atoms with Crippen molar-refractivity contribution in [2.75, 3.05) is 11.5 Å². The van der Waals surface area contributed by atoms with Crippen LogP contribution in [0.3, 0.4) is 0 Å². The number of nitrogens with two attached hydrogens (primary N) is 2. The molecule has 0 spiro atoms. The van der Waals surface area contributed by atoms with E-state index in [1.807, 2.05) is 72.5 Å². The van der Waals surface area contributed by atoms with Gasteiger partial charge in [-0.25, -0.2) is 0 Å². The number of amides is 1. The highest BCUT2D eigenvalue weighted by atomic mass is 32.2. The van der Waals surface area contributed by atoms with E-state index in [0.29, 0.717) is 18.2 Å². The second-order valence-electron chi connectivity index (χ2n) is 6.26. The first kappa shape index (κ1) is 19.6. The number of carbonyl (C=O) groups is 1. The number of anilines is 2. The fourth-order valence-corrected chi connectivity index (χ4v) is 3.58. The summed E-state index contributed by atoms with van der Waals surface area (Å²) in [6.45, 7) is 2.86. The third-order valence-electron chi connectivity index (χ3n) is 4.02. The average Bonchev–Trinajstić information content (AvgIpc) is 2.67. The summed E-state index contributed by atoms with van der Waals surface area (Å²) in [6.07, 6.45) is 0. The first-order chi connectivity index (χ1) is 13.5.